The van der Waals surface area contributed by atoms with Gasteiger partial charge in [-0.15, -0.1) is 0 Å². The molecule has 3 aliphatic rings. The lowest BCUT2D eigenvalue weighted by Gasteiger charge is -2.54. The van der Waals surface area contributed by atoms with Gasteiger partial charge in [-0.25, -0.2) is 4.79 Å². The number of carbonyl (C=O) groups is 3. The van der Waals surface area contributed by atoms with Crippen molar-refractivity contribution < 1.29 is 23.9 Å². The number of imide groups is 1. The zero-order chi connectivity index (χ0) is 16.7. The number of hydrogen-bond acceptors (Lipinski definition) is 5. The van der Waals surface area contributed by atoms with E-state index in [0.717, 1.165) is 0 Å². The fraction of sp³-hybridized carbons (Fsp3) is 0.800. The maximum atomic E-state index is 12.2. The molecule has 3 rings (SSSR count). The average molecular weight is 325 g/mol. The van der Waals surface area contributed by atoms with Crippen LogP contribution >= 0.6 is 0 Å². The monoisotopic (exact) mass is 325 g/mol. The standard InChI is InChI=1S/C15H23N3O5/c1-14(2)22-9-15(10-23-14)7-18(8-15)12(20)4-6-17-5-3-11(19)16-13(17)21/h3-10H2,1-2H3,(H,16,19,21). The molecule has 0 saturated carbocycles. The third kappa shape index (κ3) is 3.48. The molecule has 23 heavy (non-hydrogen) atoms. The molecule has 8 heteroatoms. The molecule has 3 fully saturated rings. The summed E-state index contributed by atoms with van der Waals surface area (Å²) in [5, 5.41) is 2.25. The van der Waals surface area contributed by atoms with E-state index in [1.54, 1.807) is 4.90 Å². The van der Waals surface area contributed by atoms with Gasteiger partial charge in [0.1, 0.15) is 0 Å². The van der Waals surface area contributed by atoms with Crippen LogP contribution in [0.3, 0.4) is 0 Å². The van der Waals surface area contributed by atoms with Crippen LogP contribution in [0.4, 0.5) is 4.79 Å². The Morgan fingerprint density at radius 3 is 2.48 bits per heavy atom. The van der Waals surface area contributed by atoms with Crippen molar-refractivity contribution in [1.29, 1.82) is 0 Å². The second-order valence-corrected chi connectivity index (χ2v) is 7.07. The van der Waals surface area contributed by atoms with Gasteiger partial charge in [0, 0.05) is 39.0 Å². The number of rotatable bonds is 3. The molecule has 0 aromatic rings. The Bertz CT molecular complexity index is 515. The van der Waals surface area contributed by atoms with Crippen LogP contribution < -0.4 is 5.32 Å². The first-order valence-corrected chi connectivity index (χ1v) is 7.93. The van der Waals surface area contributed by atoms with Crippen molar-refractivity contribution in [3.05, 3.63) is 0 Å². The van der Waals surface area contributed by atoms with Gasteiger partial charge in [-0.3, -0.25) is 14.9 Å². The highest BCUT2D eigenvalue weighted by Crippen LogP contribution is 2.37. The number of amides is 4. The van der Waals surface area contributed by atoms with Crippen LogP contribution in [0.2, 0.25) is 0 Å². The van der Waals surface area contributed by atoms with Crippen LogP contribution in [0.25, 0.3) is 0 Å². The third-order valence-electron chi connectivity index (χ3n) is 4.60. The molecule has 1 spiro atoms. The largest absolute Gasteiger partial charge is 0.350 e. The normalized spacial score (nSPS) is 26.0. The molecule has 0 unspecified atom stereocenters. The molecule has 8 nitrogen and oxygen atoms in total. The summed E-state index contributed by atoms with van der Waals surface area (Å²) < 4.78 is 11.4. The van der Waals surface area contributed by atoms with E-state index in [-0.39, 0.29) is 30.1 Å². The van der Waals surface area contributed by atoms with Gasteiger partial charge in [0.25, 0.3) is 0 Å². The van der Waals surface area contributed by atoms with Crippen LogP contribution in [0.15, 0.2) is 0 Å². The van der Waals surface area contributed by atoms with Gasteiger partial charge in [0.2, 0.25) is 11.8 Å². The lowest BCUT2D eigenvalue weighted by molar-refractivity contribution is -0.302. The molecule has 0 atom stereocenters. The van der Waals surface area contributed by atoms with Crippen molar-refractivity contribution in [1.82, 2.24) is 15.1 Å². The summed E-state index contributed by atoms with van der Waals surface area (Å²) in [4.78, 5) is 38.2. The van der Waals surface area contributed by atoms with Gasteiger partial charge in [-0.05, 0) is 13.8 Å². The van der Waals surface area contributed by atoms with Crippen molar-refractivity contribution in [2.75, 3.05) is 39.4 Å². The van der Waals surface area contributed by atoms with E-state index in [0.29, 0.717) is 39.4 Å². The number of ether oxygens (including phenoxy) is 2. The molecular weight excluding hydrogens is 302 g/mol. The highest BCUT2D eigenvalue weighted by Gasteiger charge is 2.49. The Balaban J connectivity index is 1.41. The fourth-order valence-electron chi connectivity index (χ4n) is 3.06. The average Bonchev–Trinajstić information content (AvgIpc) is 2.44. The topological polar surface area (TPSA) is 88.2 Å². The molecule has 0 aliphatic carbocycles. The third-order valence-corrected chi connectivity index (χ3v) is 4.60. The lowest BCUT2D eigenvalue weighted by Crippen LogP contribution is -2.66. The first-order valence-electron chi connectivity index (χ1n) is 7.93. The maximum absolute atomic E-state index is 12.2. The second kappa shape index (κ2) is 5.76. The summed E-state index contributed by atoms with van der Waals surface area (Å²) in [7, 11) is 0. The number of nitrogens with zero attached hydrogens (tertiary/aromatic N) is 2. The van der Waals surface area contributed by atoms with Gasteiger partial charge in [0.15, 0.2) is 5.79 Å². The quantitative estimate of drug-likeness (QED) is 0.785. The molecular formula is C15H23N3O5. The van der Waals surface area contributed by atoms with E-state index < -0.39 is 11.8 Å². The van der Waals surface area contributed by atoms with Gasteiger partial charge < -0.3 is 19.3 Å². The highest BCUT2D eigenvalue weighted by molar-refractivity contribution is 5.96. The Labute approximate surface area is 135 Å². The minimum absolute atomic E-state index is 0.0187. The van der Waals surface area contributed by atoms with Gasteiger partial charge in [-0.1, -0.05) is 0 Å². The Hall–Kier alpha value is -1.67. The summed E-state index contributed by atoms with van der Waals surface area (Å²) in [5.41, 5.74) is -0.0832. The number of nitrogens with one attached hydrogen (secondary N) is 1. The van der Waals surface area contributed by atoms with Crippen molar-refractivity contribution in [3.8, 4) is 0 Å². The van der Waals surface area contributed by atoms with E-state index in [1.807, 2.05) is 13.8 Å². The number of hydrogen-bond donors (Lipinski definition) is 1. The van der Waals surface area contributed by atoms with Crippen LogP contribution in [0, 0.1) is 5.41 Å². The van der Waals surface area contributed by atoms with Crippen LogP contribution in [-0.2, 0) is 19.1 Å². The molecule has 4 amide bonds. The summed E-state index contributed by atoms with van der Waals surface area (Å²) in [6.07, 6.45) is 0.558. The van der Waals surface area contributed by atoms with E-state index in [2.05, 4.69) is 5.32 Å². The summed E-state index contributed by atoms with van der Waals surface area (Å²) in [6.45, 7) is 6.94. The second-order valence-electron chi connectivity index (χ2n) is 7.07. The van der Waals surface area contributed by atoms with Crippen molar-refractivity contribution in [2.24, 2.45) is 5.41 Å². The fourth-order valence-corrected chi connectivity index (χ4v) is 3.06. The number of carbonyl (C=O) groups excluding carboxylic acids is 3. The molecule has 0 aromatic carbocycles. The SMILES string of the molecule is CC1(C)OCC2(CO1)CN(C(=O)CCN1CCC(=O)NC1=O)C2. The Morgan fingerprint density at radius 1 is 1.22 bits per heavy atom. The molecule has 3 aliphatic heterocycles. The van der Waals surface area contributed by atoms with Crippen molar-refractivity contribution in [2.45, 2.75) is 32.5 Å². The number of likely N-dealkylation sites (tertiary alicyclic amines) is 1. The molecule has 0 bridgehead atoms. The van der Waals surface area contributed by atoms with E-state index in [1.165, 1.54) is 4.90 Å². The smallest absolute Gasteiger partial charge is 0.324 e. The first kappa shape index (κ1) is 16.2. The molecule has 3 saturated heterocycles. The van der Waals surface area contributed by atoms with Gasteiger partial charge >= 0.3 is 6.03 Å². The molecule has 0 aromatic heterocycles. The highest BCUT2D eigenvalue weighted by atomic mass is 16.7. The molecule has 1 N–H and O–H groups in total. The summed E-state index contributed by atoms with van der Waals surface area (Å²) in [5.74, 6) is -0.790. The first-order chi connectivity index (χ1) is 10.8. The minimum atomic E-state index is -0.547. The summed E-state index contributed by atoms with van der Waals surface area (Å²) in [6, 6.07) is -0.412. The van der Waals surface area contributed by atoms with Crippen LogP contribution in [-0.4, -0.2) is 72.8 Å². The maximum Gasteiger partial charge on any atom is 0.324 e. The molecule has 128 valence electrons. The van der Waals surface area contributed by atoms with Gasteiger partial charge in [-0.2, -0.15) is 0 Å². The van der Waals surface area contributed by atoms with Crippen molar-refractivity contribution >= 4 is 17.8 Å². The summed E-state index contributed by atoms with van der Waals surface area (Å²) >= 11 is 0. The predicted octanol–water partition coefficient (Wildman–Crippen LogP) is -0.0701. The minimum Gasteiger partial charge on any atom is -0.350 e. The van der Waals surface area contributed by atoms with Crippen LogP contribution in [0.1, 0.15) is 26.7 Å². The van der Waals surface area contributed by atoms with Crippen molar-refractivity contribution in [3.63, 3.8) is 0 Å². The van der Waals surface area contributed by atoms with Gasteiger partial charge in [0.05, 0.1) is 18.6 Å². The van der Waals surface area contributed by atoms with E-state index in [4.69, 9.17) is 9.47 Å². The van der Waals surface area contributed by atoms with Crippen LogP contribution in [0.5, 0.6) is 0 Å². The van der Waals surface area contributed by atoms with E-state index in [9.17, 15) is 14.4 Å². The molecule has 0 radical (unpaired) electrons. The Kier molecular flexibility index (Phi) is 4.05. The predicted molar refractivity (Wildman–Crippen MR) is 79.3 cm³/mol. The molecule has 3 heterocycles. The Morgan fingerprint density at radius 2 is 1.87 bits per heavy atom. The van der Waals surface area contributed by atoms with E-state index >= 15 is 0 Å². The zero-order valence-corrected chi connectivity index (χ0v) is 13.6. The lowest BCUT2D eigenvalue weighted by atomic mass is 9.80. The number of urea groups is 1. The zero-order valence-electron chi connectivity index (χ0n) is 13.6.